The van der Waals surface area contributed by atoms with Gasteiger partial charge in [0, 0.05) is 22.8 Å². The second kappa shape index (κ2) is 6.49. The summed E-state index contributed by atoms with van der Waals surface area (Å²) in [5, 5.41) is 0. The van der Waals surface area contributed by atoms with Gasteiger partial charge in [-0.2, -0.15) is 12.6 Å². The van der Waals surface area contributed by atoms with E-state index in [1.807, 2.05) is 23.8 Å². The quantitative estimate of drug-likeness (QED) is 0.645. The number of halogens is 1. The third kappa shape index (κ3) is 3.66. The minimum absolute atomic E-state index is 0.133. The SMILES string of the molecule is Cc1cc(Br)cn(CC2(CS)CCCCCC2)c1=O. The van der Waals surface area contributed by atoms with E-state index in [-0.39, 0.29) is 11.0 Å². The maximum Gasteiger partial charge on any atom is 0.253 e. The van der Waals surface area contributed by atoms with Crippen LogP contribution in [0.3, 0.4) is 0 Å². The first kappa shape index (κ1) is 15.2. The fraction of sp³-hybridized carbons (Fsp3) is 0.667. The van der Waals surface area contributed by atoms with Crippen LogP contribution in [0, 0.1) is 12.3 Å². The van der Waals surface area contributed by atoms with Crippen molar-refractivity contribution in [3.8, 4) is 0 Å². The van der Waals surface area contributed by atoms with Crippen molar-refractivity contribution in [3.05, 3.63) is 32.7 Å². The molecule has 1 aliphatic carbocycles. The molecule has 1 aromatic rings. The zero-order valence-electron chi connectivity index (χ0n) is 11.5. The first-order valence-corrected chi connectivity index (χ1v) is 8.46. The first-order chi connectivity index (χ1) is 9.06. The molecule has 0 aliphatic heterocycles. The minimum atomic E-state index is 0.133. The molecule has 4 heteroatoms. The Morgan fingerprint density at radius 3 is 2.53 bits per heavy atom. The van der Waals surface area contributed by atoms with E-state index in [9.17, 15) is 4.79 Å². The van der Waals surface area contributed by atoms with Gasteiger partial charge in [-0.15, -0.1) is 0 Å². The van der Waals surface area contributed by atoms with Gasteiger partial charge >= 0.3 is 0 Å². The van der Waals surface area contributed by atoms with Gasteiger partial charge in [0.25, 0.3) is 5.56 Å². The van der Waals surface area contributed by atoms with E-state index < -0.39 is 0 Å². The third-order valence-electron chi connectivity index (χ3n) is 4.24. The van der Waals surface area contributed by atoms with Crippen LogP contribution in [-0.4, -0.2) is 10.3 Å². The average molecular weight is 344 g/mol. The number of thiol groups is 1. The summed E-state index contributed by atoms with van der Waals surface area (Å²) in [5.74, 6) is 0.866. The smallest absolute Gasteiger partial charge is 0.253 e. The summed E-state index contributed by atoms with van der Waals surface area (Å²) in [6, 6.07) is 1.89. The van der Waals surface area contributed by atoms with E-state index in [1.54, 1.807) is 0 Å². The number of hydrogen-bond acceptors (Lipinski definition) is 2. The van der Waals surface area contributed by atoms with Crippen LogP contribution in [0.25, 0.3) is 0 Å². The largest absolute Gasteiger partial charge is 0.314 e. The number of aryl methyl sites for hydroxylation is 1. The molecule has 0 amide bonds. The van der Waals surface area contributed by atoms with Crippen molar-refractivity contribution >= 4 is 28.6 Å². The number of pyridine rings is 1. The standard InChI is InChI=1S/C15H22BrNOS/c1-12-8-13(16)9-17(14(12)18)10-15(11-19)6-4-2-3-5-7-15/h8-9,19H,2-7,10-11H2,1H3. The molecule has 1 fully saturated rings. The topological polar surface area (TPSA) is 22.0 Å². The van der Waals surface area contributed by atoms with Crippen LogP contribution in [0.15, 0.2) is 21.5 Å². The van der Waals surface area contributed by atoms with Crippen LogP contribution < -0.4 is 5.56 Å². The summed E-state index contributed by atoms with van der Waals surface area (Å²) < 4.78 is 2.86. The Bertz CT molecular complexity index is 489. The molecular formula is C15H22BrNOS. The summed E-state index contributed by atoms with van der Waals surface area (Å²) in [6.07, 6.45) is 9.48. The number of aromatic nitrogens is 1. The summed E-state index contributed by atoms with van der Waals surface area (Å²) in [4.78, 5) is 12.3. The predicted molar refractivity (Wildman–Crippen MR) is 87.1 cm³/mol. The molecule has 0 saturated heterocycles. The minimum Gasteiger partial charge on any atom is -0.314 e. The Kier molecular flexibility index (Phi) is 5.18. The maximum absolute atomic E-state index is 12.3. The zero-order chi connectivity index (χ0) is 13.9. The molecule has 0 aromatic carbocycles. The molecule has 1 saturated carbocycles. The zero-order valence-corrected chi connectivity index (χ0v) is 14.0. The normalized spacial score (nSPS) is 19.1. The lowest BCUT2D eigenvalue weighted by Gasteiger charge is -2.32. The van der Waals surface area contributed by atoms with Gasteiger partial charge in [0.1, 0.15) is 0 Å². The van der Waals surface area contributed by atoms with E-state index in [0.29, 0.717) is 0 Å². The van der Waals surface area contributed by atoms with Crippen molar-refractivity contribution in [3.63, 3.8) is 0 Å². The fourth-order valence-corrected chi connectivity index (χ4v) is 4.07. The highest BCUT2D eigenvalue weighted by Crippen LogP contribution is 2.37. The molecule has 1 heterocycles. The Morgan fingerprint density at radius 1 is 1.32 bits per heavy atom. The number of hydrogen-bond donors (Lipinski definition) is 1. The lowest BCUT2D eigenvalue weighted by atomic mass is 9.82. The fourth-order valence-electron chi connectivity index (χ4n) is 3.06. The Morgan fingerprint density at radius 2 is 1.95 bits per heavy atom. The van der Waals surface area contributed by atoms with Gasteiger partial charge in [-0.3, -0.25) is 4.79 Å². The second-order valence-electron chi connectivity index (χ2n) is 5.85. The molecule has 1 aromatic heterocycles. The summed E-state index contributed by atoms with van der Waals surface area (Å²) in [5.41, 5.74) is 1.13. The summed E-state index contributed by atoms with van der Waals surface area (Å²) >= 11 is 8.07. The molecule has 0 N–H and O–H groups in total. The molecule has 1 aliphatic rings. The van der Waals surface area contributed by atoms with Gasteiger partial charge in [-0.1, -0.05) is 25.7 Å². The van der Waals surface area contributed by atoms with E-state index >= 15 is 0 Å². The van der Waals surface area contributed by atoms with Gasteiger partial charge in [0.2, 0.25) is 0 Å². The molecule has 2 nitrogen and oxygen atoms in total. The second-order valence-corrected chi connectivity index (χ2v) is 7.08. The summed E-state index contributed by atoms with van der Waals surface area (Å²) in [6.45, 7) is 2.68. The lowest BCUT2D eigenvalue weighted by molar-refractivity contribution is 0.237. The van der Waals surface area contributed by atoms with Crippen LogP contribution in [0.1, 0.15) is 44.1 Å². The molecule has 0 spiro atoms. The molecule has 0 atom stereocenters. The lowest BCUT2D eigenvalue weighted by Crippen LogP contribution is -2.34. The molecule has 106 valence electrons. The molecule has 0 bridgehead atoms. The van der Waals surface area contributed by atoms with Crippen molar-refractivity contribution in [2.45, 2.75) is 52.0 Å². The highest BCUT2D eigenvalue weighted by atomic mass is 79.9. The monoisotopic (exact) mass is 343 g/mol. The van der Waals surface area contributed by atoms with E-state index in [4.69, 9.17) is 0 Å². The first-order valence-electron chi connectivity index (χ1n) is 7.04. The van der Waals surface area contributed by atoms with E-state index in [0.717, 1.165) is 22.3 Å². The van der Waals surface area contributed by atoms with Crippen molar-refractivity contribution in [1.29, 1.82) is 0 Å². The predicted octanol–water partition coefficient (Wildman–Crippen LogP) is 4.19. The van der Waals surface area contributed by atoms with Gasteiger partial charge in [-0.25, -0.2) is 0 Å². The average Bonchev–Trinajstić information content (AvgIpc) is 2.61. The number of nitrogens with zero attached hydrogens (tertiary/aromatic N) is 1. The third-order valence-corrected chi connectivity index (χ3v) is 5.34. The van der Waals surface area contributed by atoms with Gasteiger partial charge < -0.3 is 4.57 Å². The van der Waals surface area contributed by atoms with Crippen molar-refractivity contribution in [2.24, 2.45) is 5.41 Å². The molecule has 19 heavy (non-hydrogen) atoms. The molecule has 0 radical (unpaired) electrons. The van der Waals surface area contributed by atoms with Crippen LogP contribution in [0.2, 0.25) is 0 Å². The Hall–Kier alpha value is -0.220. The van der Waals surface area contributed by atoms with Crippen LogP contribution in [-0.2, 0) is 6.54 Å². The number of rotatable bonds is 3. The van der Waals surface area contributed by atoms with Gasteiger partial charge in [0.15, 0.2) is 0 Å². The Labute approximate surface area is 129 Å². The highest BCUT2D eigenvalue weighted by Gasteiger charge is 2.30. The van der Waals surface area contributed by atoms with Crippen LogP contribution in [0.5, 0.6) is 0 Å². The highest BCUT2D eigenvalue weighted by molar-refractivity contribution is 9.10. The van der Waals surface area contributed by atoms with Crippen LogP contribution in [0.4, 0.5) is 0 Å². The van der Waals surface area contributed by atoms with Crippen molar-refractivity contribution in [2.75, 3.05) is 5.75 Å². The van der Waals surface area contributed by atoms with E-state index in [1.165, 1.54) is 38.5 Å². The van der Waals surface area contributed by atoms with Crippen LogP contribution >= 0.6 is 28.6 Å². The van der Waals surface area contributed by atoms with Gasteiger partial charge in [-0.05, 0) is 52.9 Å². The summed E-state index contributed by atoms with van der Waals surface area (Å²) in [7, 11) is 0. The molecule has 2 rings (SSSR count). The van der Waals surface area contributed by atoms with Crippen molar-refractivity contribution < 1.29 is 0 Å². The van der Waals surface area contributed by atoms with Crippen molar-refractivity contribution in [1.82, 2.24) is 4.57 Å². The molecule has 0 unspecified atom stereocenters. The maximum atomic E-state index is 12.3. The Balaban J connectivity index is 2.29. The van der Waals surface area contributed by atoms with Gasteiger partial charge in [0.05, 0.1) is 0 Å². The molecular weight excluding hydrogens is 322 g/mol. The van der Waals surface area contributed by atoms with E-state index in [2.05, 4.69) is 28.6 Å².